The van der Waals surface area contributed by atoms with E-state index < -0.39 is 0 Å². The molecule has 2 N–H and O–H groups in total. The summed E-state index contributed by atoms with van der Waals surface area (Å²) in [6, 6.07) is 0.550. The quantitative estimate of drug-likeness (QED) is 0.822. The van der Waals surface area contributed by atoms with E-state index in [-0.39, 0.29) is 11.9 Å². The molecule has 0 aromatic heterocycles. The molecule has 3 rings (SSSR count). The van der Waals surface area contributed by atoms with Gasteiger partial charge in [-0.05, 0) is 62.8 Å². The highest BCUT2D eigenvalue weighted by Gasteiger charge is 2.42. The molecule has 0 spiro atoms. The molecular weight excluding hydrogens is 236 g/mol. The van der Waals surface area contributed by atoms with Crippen molar-refractivity contribution in [3.05, 3.63) is 0 Å². The van der Waals surface area contributed by atoms with E-state index in [1.54, 1.807) is 0 Å². The van der Waals surface area contributed by atoms with Crippen LogP contribution in [0.3, 0.4) is 0 Å². The number of carbonyl (C=O) groups is 1. The van der Waals surface area contributed by atoms with Gasteiger partial charge in [-0.2, -0.15) is 0 Å². The van der Waals surface area contributed by atoms with Crippen molar-refractivity contribution in [2.24, 2.45) is 17.8 Å². The Balaban J connectivity index is 1.49. The van der Waals surface area contributed by atoms with Crippen LogP contribution in [0.1, 0.15) is 58.3 Å². The van der Waals surface area contributed by atoms with Gasteiger partial charge in [0.2, 0.25) is 5.91 Å². The molecule has 0 aromatic rings. The molecule has 3 unspecified atom stereocenters. The van der Waals surface area contributed by atoms with Crippen molar-refractivity contribution in [1.82, 2.24) is 10.6 Å². The van der Waals surface area contributed by atoms with Crippen LogP contribution < -0.4 is 10.6 Å². The number of nitrogens with one attached hydrogen (secondary N) is 2. The highest BCUT2D eigenvalue weighted by molar-refractivity contribution is 5.82. The van der Waals surface area contributed by atoms with E-state index >= 15 is 0 Å². The first kappa shape index (κ1) is 13.4. The highest BCUT2D eigenvalue weighted by Crippen LogP contribution is 2.38. The number of amides is 1. The molecule has 19 heavy (non-hydrogen) atoms. The van der Waals surface area contributed by atoms with Crippen LogP contribution in [0.5, 0.6) is 0 Å². The van der Waals surface area contributed by atoms with Crippen LogP contribution in [-0.4, -0.2) is 24.5 Å². The Hall–Kier alpha value is -0.570. The lowest BCUT2D eigenvalue weighted by molar-refractivity contribution is -0.124. The van der Waals surface area contributed by atoms with Crippen LogP contribution in [-0.2, 0) is 4.79 Å². The first-order chi connectivity index (χ1) is 9.28. The fraction of sp³-hybridized carbons (Fsp3) is 0.938. The van der Waals surface area contributed by atoms with Crippen LogP contribution in [0.2, 0.25) is 0 Å². The molecule has 1 amide bonds. The third kappa shape index (κ3) is 2.81. The van der Waals surface area contributed by atoms with Crippen molar-refractivity contribution in [3.8, 4) is 0 Å². The summed E-state index contributed by atoms with van der Waals surface area (Å²) >= 11 is 0. The molecule has 0 radical (unpaired) electrons. The zero-order valence-electron chi connectivity index (χ0n) is 12.2. The Morgan fingerprint density at radius 3 is 2.68 bits per heavy atom. The minimum atomic E-state index is 0.108. The summed E-state index contributed by atoms with van der Waals surface area (Å²) in [6.45, 7) is 3.34. The van der Waals surface area contributed by atoms with Gasteiger partial charge in [0.1, 0.15) is 0 Å². The Labute approximate surface area is 116 Å². The number of hydrogen-bond acceptors (Lipinski definition) is 2. The molecule has 1 aliphatic heterocycles. The summed E-state index contributed by atoms with van der Waals surface area (Å²) in [5.74, 6) is 2.57. The number of fused-ring (bicyclic) bond motifs is 1. The van der Waals surface area contributed by atoms with Crippen LogP contribution >= 0.6 is 0 Å². The summed E-state index contributed by atoms with van der Waals surface area (Å²) in [5, 5.41) is 6.77. The van der Waals surface area contributed by atoms with Crippen LogP contribution in [0.25, 0.3) is 0 Å². The zero-order chi connectivity index (χ0) is 13.2. The Morgan fingerprint density at radius 1 is 1.16 bits per heavy atom. The van der Waals surface area contributed by atoms with E-state index in [4.69, 9.17) is 0 Å². The van der Waals surface area contributed by atoms with Gasteiger partial charge in [0.15, 0.2) is 0 Å². The topological polar surface area (TPSA) is 41.1 Å². The van der Waals surface area contributed by atoms with Crippen molar-refractivity contribution < 1.29 is 4.79 Å². The third-order valence-corrected chi connectivity index (χ3v) is 5.80. The lowest BCUT2D eigenvalue weighted by Crippen LogP contribution is -2.48. The molecule has 0 aromatic carbocycles. The van der Waals surface area contributed by atoms with Gasteiger partial charge in [0, 0.05) is 6.04 Å². The predicted octanol–water partition coefficient (Wildman–Crippen LogP) is 2.46. The molecule has 2 aliphatic carbocycles. The van der Waals surface area contributed by atoms with E-state index in [1.807, 2.05) is 0 Å². The van der Waals surface area contributed by atoms with Gasteiger partial charge in [-0.25, -0.2) is 0 Å². The number of rotatable bonds is 3. The first-order valence-electron chi connectivity index (χ1n) is 8.31. The predicted molar refractivity (Wildman–Crippen MR) is 76.8 cm³/mol. The van der Waals surface area contributed by atoms with E-state index in [1.165, 1.54) is 51.4 Å². The van der Waals surface area contributed by atoms with E-state index in [2.05, 4.69) is 17.6 Å². The average Bonchev–Trinajstić information content (AvgIpc) is 3.01. The van der Waals surface area contributed by atoms with Crippen molar-refractivity contribution >= 4 is 5.91 Å². The normalized spacial score (nSPS) is 42.1. The van der Waals surface area contributed by atoms with Gasteiger partial charge in [0.05, 0.1) is 6.04 Å². The molecule has 3 nitrogen and oxygen atoms in total. The second kappa shape index (κ2) is 5.82. The average molecular weight is 264 g/mol. The summed E-state index contributed by atoms with van der Waals surface area (Å²) in [4.78, 5) is 12.4. The summed E-state index contributed by atoms with van der Waals surface area (Å²) < 4.78 is 0. The zero-order valence-corrected chi connectivity index (χ0v) is 12.2. The molecule has 3 atom stereocenters. The standard InChI is InChI=1S/C16H28N2O/c1-2-11-6-8-13(9-7-11)18-16(19)15-14-5-3-4-12(14)10-17-15/h11-15,17H,2-10H2,1H3,(H,18,19). The molecule has 1 saturated heterocycles. The van der Waals surface area contributed by atoms with Crippen molar-refractivity contribution in [1.29, 1.82) is 0 Å². The molecule has 3 fully saturated rings. The van der Waals surface area contributed by atoms with E-state index in [9.17, 15) is 4.79 Å². The SMILES string of the molecule is CCC1CCC(NC(=O)C2NCC3CCCC32)CC1. The Kier molecular flexibility index (Phi) is 4.11. The van der Waals surface area contributed by atoms with E-state index in [0.29, 0.717) is 12.0 Å². The smallest absolute Gasteiger partial charge is 0.237 e. The fourth-order valence-corrected chi connectivity index (χ4v) is 4.48. The summed E-state index contributed by atoms with van der Waals surface area (Å²) in [7, 11) is 0. The summed E-state index contributed by atoms with van der Waals surface area (Å²) in [6.07, 6.45) is 10.2. The maximum Gasteiger partial charge on any atom is 0.237 e. The molecule has 108 valence electrons. The third-order valence-electron chi connectivity index (χ3n) is 5.80. The Bertz CT molecular complexity index is 323. The molecule has 0 bridgehead atoms. The monoisotopic (exact) mass is 264 g/mol. The van der Waals surface area contributed by atoms with Crippen LogP contribution in [0, 0.1) is 17.8 Å². The maximum atomic E-state index is 12.4. The molecule has 2 saturated carbocycles. The van der Waals surface area contributed by atoms with Gasteiger partial charge in [-0.15, -0.1) is 0 Å². The van der Waals surface area contributed by atoms with Gasteiger partial charge < -0.3 is 10.6 Å². The molecular formula is C16H28N2O. The van der Waals surface area contributed by atoms with Crippen LogP contribution in [0.4, 0.5) is 0 Å². The lowest BCUT2D eigenvalue weighted by Gasteiger charge is -2.30. The summed E-state index contributed by atoms with van der Waals surface area (Å²) in [5.41, 5.74) is 0. The minimum Gasteiger partial charge on any atom is -0.352 e. The van der Waals surface area contributed by atoms with Gasteiger partial charge >= 0.3 is 0 Å². The molecule has 1 heterocycles. The van der Waals surface area contributed by atoms with Crippen LogP contribution in [0.15, 0.2) is 0 Å². The van der Waals surface area contributed by atoms with Crippen molar-refractivity contribution in [2.75, 3.05) is 6.54 Å². The second-order valence-electron chi connectivity index (χ2n) is 6.88. The molecule has 3 heteroatoms. The van der Waals surface area contributed by atoms with Crippen molar-refractivity contribution in [3.63, 3.8) is 0 Å². The van der Waals surface area contributed by atoms with Crippen molar-refractivity contribution in [2.45, 2.75) is 70.4 Å². The number of hydrogen-bond donors (Lipinski definition) is 2. The lowest BCUT2D eigenvalue weighted by atomic mass is 9.84. The van der Waals surface area contributed by atoms with Gasteiger partial charge in [-0.3, -0.25) is 4.79 Å². The fourth-order valence-electron chi connectivity index (χ4n) is 4.48. The minimum absolute atomic E-state index is 0.108. The Morgan fingerprint density at radius 2 is 1.95 bits per heavy atom. The van der Waals surface area contributed by atoms with E-state index in [0.717, 1.165) is 18.4 Å². The number of carbonyl (C=O) groups excluding carboxylic acids is 1. The maximum absolute atomic E-state index is 12.4. The van der Waals surface area contributed by atoms with Gasteiger partial charge in [-0.1, -0.05) is 19.8 Å². The largest absolute Gasteiger partial charge is 0.352 e. The molecule has 3 aliphatic rings. The first-order valence-corrected chi connectivity index (χ1v) is 8.31. The van der Waals surface area contributed by atoms with Gasteiger partial charge in [0.25, 0.3) is 0 Å². The highest BCUT2D eigenvalue weighted by atomic mass is 16.2. The second-order valence-corrected chi connectivity index (χ2v) is 6.88.